The highest BCUT2D eigenvalue weighted by Crippen LogP contribution is 2.29. The van der Waals surface area contributed by atoms with Crippen molar-refractivity contribution >= 4 is 28.3 Å². The molecule has 138 valence electrons. The molecule has 3 aromatic rings. The molecule has 27 heavy (non-hydrogen) atoms. The molecule has 3 rings (SSSR count). The number of thiazole rings is 1. The first-order chi connectivity index (χ1) is 13.0. The van der Waals surface area contributed by atoms with E-state index in [1.165, 1.54) is 17.4 Å². The molecule has 0 aliphatic rings. The number of amides is 2. The van der Waals surface area contributed by atoms with Gasteiger partial charge in [-0.25, -0.2) is 4.98 Å². The maximum absolute atomic E-state index is 12.4. The molecule has 1 aromatic carbocycles. The van der Waals surface area contributed by atoms with Gasteiger partial charge in [-0.2, -0.15) is 0 Å². The maximum atomic E-state index is 12.4. The molecule has 0 bridgehead atoms. The van der Waals surface area contributed by atoms with Crippen LogP contribution in [-0.4, -0.2) is 16.8 Å². The fourth-order valence-electron chi connectivity index (χ4n) is 2.54. The van der Waals surface area contributed by atoms with Gasteiger partial charge in [-0.3, -0.25) is 14.9 Å². The van der Waals surface area contributed by atoms with Crippen LogP contribution in [0.25, 0.3) is 11.3 Å². The van der Waals surface area contributed by atoms with Gasteiger partial charge in [0.15, 0.2) is 5.13 Å². The van der Waals surface area contributed by atoms with E-state index in [2.05, 4.69) is 22.2 Å². The van der Waals surface area contributed by atoms with Gasteiger partial charge in [0.25, 0.3) is 5.91 Å². The van der Waals surface area contributed by atoms with Crippen LogP contribution in [0.2, 0.25) is 0 Å². The number of nitrogens with one attached hydrogen (secondary N) is 2. The molecule has 0 aliphatic heterocycles. The summed E-state index contributed by atoms with van der Waals surface area (Å²) >= 11 is 1.36. The summed E-state index contributed by atoms with van der Waals surface area (Å²) in [6.07, 6.45) is 1.22. The molecule has 0 radical (unpaired) electrons. The Labute approximate surface area is 160 Å². The molecule has 0 spiro atoms. The molecule has 0 saturated heterocycles. The third-order valence-corrected chi connectivity index (χ3v) is 4.67. The number of hydrogen-bond acceptors (Lipinski definition) is 5. The number of aryl methyl sites for hydroxylation is 2. The predicted octanol–water partition coefficient (Wildman–Crippen LogP) is 4.07. The molecular formula is C20H19N3O3S. The highest BCUT2D eigenvalue weighted by atomic mass is 32.1. The minimum atomic E-state index is -0.238. The van der Waals surface area contributed by atoms with Gasteiger partial charge >= 0.3 is 0 Å². The summed E-state index contributed by atoms with van der Waals surface area (Å²) in [5.74, 6) is 1.15. The number of nitrogens with zero attached hydrogens (tertiary/aromatic N) is 1. The summed E-state index contributed by atoms with van der Waals surface area (Å²) in [4.78, 5) is 28.1. The lowest BCUT2D eigenvalue weighted by Gasteiger charge is -2.05. The first-order valence-electron chi connectivity index (χ1n) is 8.29. The Morgan fingerprint density at radius 2 is 2.00 bits per heavy atom. The maximum Gasteiger partial charge on any atom is 0.257 e. The Balaban J connectivity index is 1.64. The van der Waals surface area contributed by atoms with Crippen LogP contribution in [-0.2, 0) is 11.3 Å². The number of carbonyl (C=O) groups is 2. The van der Waals surface area contributed by atoms with Gasteiger partial charge in [-0.05, 0) is 43.7 Å². The molecule has 6 nitrogen and oxygen atoms in total. The minimum Gasteiger partial charge on any atom is -0.466 e. The highest BCUT2D eigenvalue weighted by molar-refractivity contribution is 7.14. The van der Waals surface area contributed by atoms with Crippen LogP contribution in [0.3, 0.4) is 0 Å². The molecule has 2 N–H and O–H groups in total. The van der Waals surface area contributed by atoms with Crippen molar-refractivity contribution < 1.29 is 14.0 Å². The average molecular weight is 381 g/mol. The van der Waals surface area contributed by atoms with E-state index in [-0.39, 0.29) is 11.8 Å². The number of carbonyl (C=O) groups excluding carboxylic acids is 2. The molecule has 2 heterocycles. The van der Waals surface area contributed by atoms with E-state index in [0.29, 0.717) is 17.2 Å². The van der Waals surface area contributed by atoms with E-state index >= 15 is 0 Å². The number of benzene rings is 1. The van der Waals surface area contributed by atoms with Crippen molar-refractivity contribution in [2.45, 2.75) is 20.4 Å². The van der Waals surface area contributed by atoms with Gasteiger partial charge in [0.2, 0.25) is 5.91 Å². The van der Waals surface area contributed by atoms with Crippen molar-refractivity contribution in [2.24, 2.45) is 0 Å². The zero-order valence-corrected chi connectivity index (χ0v) is 15.9. The van der Waals surface area contributed by atoms with Crippen LogP contribution in [0, 0.1) is 13.8 Å². The number of hydrogen-bond donors (Lipinski definition) is 2. The van der Waals surface area contributed by atoms with Gasteiger partial charge in [0, 0.05) is 23.1 Å². The Morgan fingerprint density at radius 3 is 2.63 bits per heavy atom. The van der Waals surface area contributed by atoms with Crippen molar-refractivity contribution in [1.82, 2.24) is 10.3 Å². The Morgan fingerprint density at radius 1 is 1.26 bits per heavy atom. The molecule has 2 amide bonds. The van der Waals surface area contributed by atoms with Crippen LogP contribution in [0.4, 0.5) is 5.13 Å². The number of anilines is 1. The highest BCUT2D eigenvalue weighted by Gasteiger charge is 2.13. The van der Waals surface area contributed by atoms with Crippen LogP contribution >= 0.6 is 11.3 Å². The van der Waals surface area contributed by atoms with E-state index in [0.717, 1.165) is 28.3 Å². The summed E-state index contributed by atoms with van der Waals surface area (Å²) in [5, 5.41) is 7.91. The lowest BCUT2D eigenvalue weighted by atomic mass is 10.1. The van der Waals surface area contributed by atoms with E-state index in [1.54, 1.807) is 24.3 Å². The Bertz CT molecular complexity index is 986. The van der Waals surface area contributed by atoms with Crippen molar-refractivity contribution in [3.63, 3.8) is 0 Å². The molecule has 0 saturated carbocycles. The molecule has 7 heteroatoms. The molecule has 0 unspecified atom stereocenters. The molecule has 0 fully saturated rings. The number of aromatic nitrogens is 1. The summed E-state index contributed by atoms with van der Waals surface area (Å²) in [7, 11) is 0. The third-order valence-electron chi connectivity index (χ3n) is 3.91. The SMILES string of the molecule is C=CC(=O)NCc1ccc(C(=O)Nc2nc(-c3cc(C)oc3C)cs2)cc1. The summed E-state index contributed by atoms with van der Waals surface area (Å²) in [6.45, 7) is 7.56. The van der Waals surface area contributed by atoms with Crippen molar-refractivity contribution in [3.05, 3.63) is 71.0 Å². The number of rotatable bonds is 6. The second-order valence-electron chi connectivity index (χ2n) is 5.94. The number of furan rings is 1. The van der Waals surface area contributed by atoms with Gasteiger partial charge in [0.05, 0.1) is 5.69 Å². The van der Waals surface area contributed by atoms with Gasteiger partial charge in [0.1, 0.15) is 11.5 Å². The first kappa shape index (κ1) is 18.6. The van der Waals surface area contributed by atoms with Crippen molar-refractivity contribution in [2.75, 3.05) is 5.32 Å². The summed E-state index contributed by atoms with van der Waals surface area (Å²) < 4.78 is 5.53. The molecule has 0 atom stereocenters. The molecule has 2 aromatic heterocycles. The quantitative estimate of drug-likeness (QED) is 0.630. The Kier molecular flexibility index (Phi) is 5.52. The van der Waals surface area contributed by atoms with E-state index in [1.807, 2.05) is 25.3 Å². The Hall–Kier alpha value is -3.19. The van der Waals surface area contributed by atoms with Crippen LogP contribution in [0.5, 0.6) is 0 Å². The van der Waals surface area contributed by atoms with E-state index in [4.69, 9.17) is 4.42 Å². The molecule has 0 aliphatic carbocycles. The predicted molar refractivity (Wildman–Crippen MR) is 106 cm³/mol. The fraction of sp³-hybridized carbons (Fsp3) is 0.150. The zero-order chi connectivity index (χ0) is 19.4. The second-order valence-corrected chi connectivity index (χ2v) is 6.80. The van der Waals surface area contributed by atoms with Gasteiger partial charge in [-0.1, -0.05) is 18.7 Å². The lowest BCUT2D eigenvalue weighted by Crippen LogP contribution is -2.20. The van der Waals surface area contributed by atoms with Crippen molar-refractivity contribution in [1.29, 1.82) is 0 Å². The normalized spacial score (nSPS) is 10.4. The summed E-state index contributed by atoms with van der Waals surface area (Å²) in [5.41, 5.74) is 3.11. The third kappa shape index (κ3) is 4.51. The van der Waals surface area contributed by atoms with Gasteiger partial charge in [-0.15, -0.1) is 11.3 Å². The van der Waals surface area contributed by atoms with Crippen LogP contribution in [0.15, 0.2) is 52.8 Å². The van der Waals surface area contributed by atoms with E-state index in [9.17, 15) is 9.59 Å². The smallest absolute Gasteiger partial charge is 0.257 e. The van der Waals surface area contributed by atoms with Crippen LogP contribution in [0.1, 0.15) is 27.4 Å². The first-order valence-corrected chi connectivity index (χ1v) is 9.17. The molecular weight excluding hydrogens is 362 g/mol. The largest absolute Gasteiger partial charge is 0.466 e. The van der Waals surface area contributed by atoms with Crippen LogP contribution < -0.4 is 10.6 Å². The summed E-state index contributed by atoms with van der Waals surface area (Å²) in [6, 6.07) is 8.94. The van der Waals surface area contributed by atoms with Crippen molar-refractivity contribution in [3.8, 4) is 11.3 Å². The second kappa shape index (κ2) is 8.01. The zero-order valence-electron chi connectivity index (χ0n) is 15.0. The monoisotopic (exact) mass is 381 g/mol. The minimum absolute atomic E-state index is 0.237. The average Bonchev–Trinajstić information content (AvgIpc) is 3.25. The van der Waals surface area contributed by atoms with Gasteiger partial charge < -0.3 is 9.73 Å². The topological polar surface area (TPSA) is 84.2 Å². The standard InChI is InChI=1S/C20H19N3O3S/c1-4-18(24)21-10-14-5-7-15(8-6-14)19(25)23-20-22-17(11-27-20)16-9-12(2)26-13(16)3/h4-9,11H,1,10H2,2-3H3,(H,21,24)(H,22,23,25). The van der Waals surface area contributed by atoms with E-state index < -0.39 is 0 Å². The fourth-order valence-corrected chi connectivity index (χ4v) is 3.25. The lowest BCUT2D eigenvalue weighted by molar-refractivity contribution is -0.116.